The summed E-state index contributed by atoms with van der Waals surface area (Å²) in [6.07, 6.45) is -0.674. The molecule has 2 saturated heterocycles. The van der Waals surface area contributed by atoms with Gasteiger partial charge in [0.05, 0.1) is 5.69 Å². The Labute approximate surface area is 203 Å². The van der Waals surface area contributed by atoms with E-state index in [0.717, 1.165) is 64.6 Å². The van der Waals surface area contributed by atoms with Crippen molar-refractivity contribution in [1.82, 2.24) is 15.1 Å². The lowest BCUT2D eigenvalue weighted by Gasteiger charge is -2.28. The molecule has 1 N–H and O–H groups in total. The first-order chi connectivity index (χ1) is 16.7. The molecule has 3 atom stereocenters. The molecule has 5 nitrogen and oxygen atoms in total. The van der Waals surface area contributed by atoms with E-state index in [1.165, 1.54) is 12.1 Å². The number of halogens is 4. The molecule has 1 aromatic carbocycles. The molecular weight excluding hydrogens is 460 g/mol. The van der Waals surface area contributed by atoms with Gasteiger partial charge in [0.2, 0.25) is 0 Å². The quantitative estimate of drug-likeness (QED) is 0.562. The second-order valence-corrected chi connectivity index (χ2v) is 10.5. The van der Waals surface area contributed by atoms with E-state index < -0.39 is 17.6 Å². The predicted molar refractivity (Wildman–Crippen MR) is 126 cm³/mol. The average Bonchev–Trinajstić information content (AvgIpc) is 3.34. The fourth-order valence-electron chi connectivity index (χ4n) is 6.05. The summed E-state index contributed by atoms with van der Waals surface area (Å²) in [5.74, 6) is 1.07. The smallest absolute Gasteiger partial charge is 0.381 e. The minimum absolute atomic E-state index is 0.0497. The highest BCUT2D eigenvalue weighted by Gasteiger charge is 2.43. The Morgan fingerprint density at radius 1 is 1.00 bits per heavy atom. The van der Waals surface area contributed by atoms with Crippen LogP contribution in [-0.4, -0.2) is 54.0 Å². The van der Waals surface area contributed by atoms with Gasteiger partial charge >= 0.3 is 6.18 Å². The molecule has 35 heavy (non-hydrogen) atoms. The number of ether oxygens (including phenoxy) is 1. The topological polar surface area (TPSA) is 50.3 Å². The van der Waals surface area contributed by atoms with Crippen molar-refractivity contribution in [3.63, 3.8) is 0 Å². The van der Waals surface area contributed by atoms with Crippen molar-refractivity contribution in [3.8, 4) is 11.3 Å². The number of nitrogens with one attached hydrogen (secondary N) is 1. The molecule has 3 aliphatic rings. The maximum Gasteiger partial charge on any atom is 0.420 e. The molecule has 9 heteroatoms. The van der Waals surface area contributed by atoms with Gasteiger partial charge in [-0.25, -0.2) is 4.39 Å². The van der Waals surface area contributed by atoms with E-state index >= 15 is 0 Å². The second-order valence-electron chi connectivity index (χ2n) is 10.5. The van der Waals surface area contributed by atoms with Crippen LogP contribution in [0.3, 0.4) is 0 Å². The standard InChI is InChI=1S/C26H32F4N4O/c1-15-8-23(27)16(2)7-21(15)24-11-22(26(28,29)30)25(33-32-24)31-20-9-18-13-34(14-19(18)10-20)12-17-3-5-35-6-4-17/h7-8,11,17-20H,3-6,9-10,12-14H2,1-2H3,(H,31,33)/t18-,19+,20-. The number of fused-ring (bicyclic) bond motifs is 1. The van der Waals surface area contributed by atoms with E-state index in [-0.39, 0.29) is 17.6 Å². The van der Waals surface area contributed by atoms with Gasteiger partial charge in [-0.3, -0.25) is 0 Å². The SMILES string of the molecule is Cc1cc(-c2cc(C(F)(F)F)c(N[C@@H]3C[C@@H]4CN(CC5CCOCC5)C[C@@H]4C3)nn2)c(C)cc1F. The van der Waals surface area contributed by atoms with Crippen LogP contribution < -0.4 is 5.32 Å². The van der Waals surface area contributed by atoms with Crippen molar-refractivity contribution in [2.75, 3.05) is 38.2 Å². The average molecular weight is 493 g/mol. The van der Waals surface area contributed by atoms with E-state index in [9.17, 15) is 17.6 Å². The molecule has 190 valence electrons. The molecule has 5 rings (SSSR count). The second kappa shape index (κ2) is 9.65. The Balaban J connectivity index is 1.27. The normalized spacial score (nSPS) is 25.7. The number of rotatable bonds is 5. The number of nitrogens with zero attached hydrogens (tertiary/aromatic N) is 3. The van der Waals surface area contributed by atoms with E-state index in [1.807, 2.05) is 0 Å². The molecule has 3 fully saturated rings. The van der Waals surface area contributed by atoms with Crippen LogP contribution in [0.25, 0.3) is 11.3 Å². The van der Waals surface area contributed by atoms with Crippen molar-refractivity contribution < 1.29 is 22.3 Å². The van der Waals surface area contributed by atoms with Crippen molar-refractivity contribution in [2.24, 2.45) is 17.8 Å². The predicted octanol–water partition coefficient (Wildman–Crippen LogP) is 5.47. The first-order valence-electron chi connectivity index (χ1n) is 12.5. The number of aryl methyl sites for hydroxylation is 2. The summed E-state index contributed by atoms with van der Waals surface area (Å²) < 4.78 is 61.2. The van der Waals surface area contributed by atoms with Gasteiger partial charge in [0.25, 0.3) is 0 Å². The minimum Gasteiger partial charge on any atom is -0.381 e. The van der Waals surface area contributed by atoms with Gasteiger partial charge in [0.15, 0.2) is 5.82 Å². The van der Waals surface area contributed by atoms with E-state index in [1.54, 1.807) is 13.8 Å². The molecule has 0 radical (unpaired) electrons. The molecule has 1 saturated carbocycles. The molecule has 0 amide bonds. The van der Waals surface area contributed by atoms with E-state index in [2.05, 4.69) is 20.4 Å². The zero-order valence-electron chi connectivity index (χ0n) is 20.2. The maximum atomic E-state index is 14.0. The monoisotopic (exact) mass is 492 g/mol. The lowest BCUT2D eigenvalue weighted by Crippen LogP contribution is -2.32. The molecule has 0 bridgehead atoms. The summed E-state index contributed by atoms with van der Waals surface area (Å²) in [5, 5.41) is 11.1. The van der Waals surface area contributed by atoms with Crippen LogP contribution in [0.5, 0.6) is 0 Å². The Hall–Kier alpha value is -2.26. The van der Waals surface area contributed by atoms with Crippen LogP contribution in [0.1, 0.15) is 42.4 Å². The van der Waals surface area contributed by atoms with Crippen LogP contribution in [0.4, 0.5) is 23.4 Å². The van der Waals surface area contributed by atoms with Crippen molar-refractivity contribution in [2.45, 2.75) is 51.7 Å². The van der Waals surface area contributed by atoms with Gasteiger partial charge in [0, 0.05) is 44.5 Å². The summed E-state index contributed by atoms with van der Waals surface area (Å²) in [7, 11) is 0. The number of benzene rings is 1. The van der Waals surface area contributed by atoms with Gasteiger partial charge in [-0.05, 0) is 86.6 Å². The highest BCUT2D eigenvalue weighted by molar-refractivity contribution is 5.66. The third-order valence-electron chi connectivity index (χ3n) is 7.91. The summed E-state index contributed by atoms with van der Waals surface area (Å²) in [4.78, 5) is 2.53. The Bertz CT molecular complexity index is 1060. The van der Waals surface area contributed by atoms with E-state index in [0.29, 0.717) is 34.4 Å². The molecule has 0 unspecified atom stereocenters. The summed E-state index contributed by atoms with van der Waals surface area (Å²) in [5.41, 5.74) is 0.586. The van der Waals surface area contributed by atoms with Crippen LogP contribution in [0, 0.1) is 37.4 Å². The largest absolute Gasteiger partial charge is 0.420 e. The van der Waals surface area contributed by atoms with Gasteiger partial charge < -0.3 is 15.0 Å². The van der Waals surface area contributed by atoms with Gasteiger partial charge in [0.1, 0.15) is 11.4 Å². The van der Waals surface area contributed by atoms with Crippen LogP contribution in [0.2, 0.25) is 0 Å². The number of anilines is 1. The third-order valence-corrected chi connectivity index (χ3v) is 7.91. The highest BCUT2D eigenvalue weighted by Crippen LogP contribution is 2.42. The van der Waals surface area contributed by atoms with E-state index in [4.69, 9.17) is 4.74 Å². The first-order valence-corrected chi connectivity index (χ1v) is 12.5. The molecule has 1 aliphatic carbocycles. The van der Waals surface area contributed by atoms with Crippen LogP contribution in [0.15, 0.2) is 18.2 Å². The van der Waals surface area contributed by atoms with Crippen molar-refractivity contribution in [1.29, 1.82) is 0 Å². The third kappa shape index (κ3) is 5.31. The van der Waals surface area contributed by atoms with Crippen molar-refractivity contribution >= 4 is 5.82 Å². The maximum absolute atomic E-state index is 14.0. The highest BCUT2D eigenvalue weighted by atomic mass is 19.4. The Morgan fingerprint density at radius 2 is 1.69 bits per heavy atom. The van der Waals surface area contributed by atoms with Crippen LogP contribution >= 0.6 is 0 Å². The molecular formula is C26H32F4N4O. The molecule has 0 spiro atoms. The zero-order valence-corrected chi connectivity index (χ0v) is 20.2. The number of hydrogen-bond acceptors (Lipinski definition) is 5. The number of hydrogen-bond donors (Lipinski definition) is 1. The van der Waals surface area contributed by atoms with Crippen LogP contribution in [-0.2, 0) is 10.9 Å². The minimum atomic E-state index is -4.58. The van der Waals surface area contributed by atoms with Gasteiger partial charge in [-0.15, -0.1) is 10.2 Å². The summed E-state index contributed by atoms with van der Waals surface area (Å²) in [6, 6.07) is 3.81. The first kappa shape index (κ1) is 24.4. The fraction of sp³-hybridized carbons (Fsp3) is 0.615. The fourth-order valence-corrected chi connectivity index (χ4v) is 6.05. The molecule has 2 aliphatic heterocycles. The number of aromatic nitrogens is 2. The lowest BCUT2D eigenvalue weighted by atomic mass is 10.00. The Morgan fingerprint density at radius 3 is 2.34 bits per heavy atom. The molecule has 3 heterocycles. The number of likely N-dealkylation sites (tertiary alicyclic amines) is 1. The summed E-state index contributed by atoms with van der Waals surface area (Å²) in [6.45, 7) is 8.05. The van der Waals surface area contributed by atoms with Crippen molar-refractivity contribution in [3.05, 3.63) is 40.7 Å². The summed E-state index contributed by atoms with van der Waals surface area (Å²) >= 11 is 0. The van der Waals surface area contributed by atoms with Gasteiger partial charge in [-0.1, -0.05) is 0 Å². The lowest BCUT2D eigenvalue weighted by molar-refractivity contribution is -0.137. The zero-order chi connectivity index (χ0) is 24.7. The van der Waals surface area contributed by atoms with Gasteiger partial charge in [-0.2, -0.15) is 13.2 Å². The molecule has 2 aromatic rings. The Kier molecular flexibility index (Phi) is 6.74. The molecule has 1 aromatic heterocycles. The number of alkyl halides is 3.